The molecule has 1 aromatic carbocycles. The number of pyridine rings is 1. The van der Waals surface area contributed by atoms with E-state index in [-0.39, 0.29) is 18.6 Å². The molecule has 1 atom stereocenters. The number of aliphatic hydroxyl groups excluding tert-OH is 1. The van der Waals surface area contributed by atoms with E-state index in [9.17, 15) is 9.90 Å². The summed E-state index contributed by atoms with van der Waals surface area (Å²) in [4.78, 5) is 16.1. The van der Waals surface area contributed by atoms with Crippen molar-refractivity contribution in [1.29, 1.82) is 0 Å². The molecule has 0 aliphatic heterocycles. The predicted octanol–water partition coefficient (Wildman–Crippen LogP) is 2.68. The third kappa shape index (κ3) is 4.05. The molecule has 116 valence electrons. The Labute approximate surface area is 130 Å². The highest BCUT2D eigenvalue weighted by Crippen LogP contribution is 2.25. The fourth-order valence-corrected chi connectivity index (χ4v) is 1.93. The minimum absolute atomic E-state index is 0.0749. The fraction of sp³-hybridized carbons (Fsp3) is 0.294. The number of nitrogens with zero attached hydrogens (tertiary/aromatic N) is 1. The van der Waals surface area contributed by atoms with Gasteiger partial charge in [0, 0.05) is 18.0 Å². The van der Waals surface area contributed by atoms with Crippen molar-refractivity contribution >= 4 is 5.91 Å². The molecule has 1 heterocycles. The van der Waals surface area contributed by atoms with Gasteiger partial charge in [-0.05, 0) is 43.2 Å². The van der Waals surface area contributed by atoms with Gasteiger partial charge >= 0.3 is 0 Å². The van der Waals surface area contributed by atoms with Gasteiger partial charge in [0.1, 0.15) is 11.5 Å². The second-order valence-electron chi connectivity index (χ2n) is 5.03. The number of rotatable bonds is 6. The summed E-state index contributed by atoms with van der Waals surface area (Å²) in [6, 6.07) is 8.56. The number of hydrogen-bond donors (Lipinski definition) is 2. The molecule has 0 saturated carbocycles. The van der Waals surface area contributed by atoms with E-state index in [4.69, 9.17) is 4.74 Å². The summed E-state index contributed by atoms with van der Waals surface area (Å²) < 4.78 is 5.79. The zero-order valence-corrected chi connectivity index (χ0v) is 12.7. The SMILES string of the molecule is CCC(CO)NC(=O)c1ccc(C)c(Oc2ccncc2)c1. The second-order valence-corrected chi connectivity index (χ2v) is 5.03. The van der Waals surface area contributed by atoms with Gasteiger partial charge in [0.15, 0.2) is 0 Å². The lowest BCUT2D eigenvalue weighted by molar-refractivity contribution is 0.0914. The molecule has 0 spiro atoms. The number of aryl methyl sites for hydroxylation is 1. The number of aromatic nitrogens is 1. The lowest BCUT2D eigenvalue weighted by Crippen LogP contribution is -2.36. The van der Waals surface area contributed by atoms with Crippen LogP contribution >= 0.6 is 0 Å². The first-order chi connectivity index (χ1) is 10.6. The van der Waals surface area contributed by atoms with Crippen molar-refractivity contribution in [2.45, 2.75) is 26.3 Å². The first-order valence-corrected chi connectivity index (χ1v) is 7.24. The molecule has 5 heteroatoms. The molecular formula is C17H20N2O3. The third-order valence-corrected chi connectivity index (χ3v) is 3.38. The lowest BCUT2D eigenvalue weighted by Gasteiger charge is -2.15. The van der Waals surface area contributed by atoms with Crippen molar-refractivity contribution < 1.29 is 14.6 Å². The van der Waals surface area contributed by atoms with Gasteiger partial charge in [-0.25, -0.2) is 0 Å². The Morgan fingerprint density at radius 1 is 1.32 bits per heavy atom. The molecule has 0 saturated heterocycles. The van der Waals surface area contributed by atoms with Crippen molar-refractivity contribution in [1.82, 2.24) is 10.3 Å². The number of hydrogen-bond acceptors (Lipinski definition) is 4. The summed E-state index contributed by atoms with van der Waals surface area (Å²) in [5, 5.41) is 12.0. The second kappa shape index (κ2) is 7.56. The quantitative estimate of drug-likeness (QED) is 0.860. The Bertz CT molecular complexity index is 625. The Morgan fingerprint density at radius 3 is 2.68 bits per heavy atom. The number of amides is 1. The van der Waals surface area contributed by atoms with E-state index in [0.29, 0.717) is 23.5 Å². The van der Waals surface area contributed by atoms with Gasteiger partial charge in [-0.1, -0.05) is 13.0 Å². The largest absolute Gasteiger partial charge is 0.457 e. The maximum absolute atomic E-state index is 12.2. The van der Waals surface area contributed by atoms with E-state index in [1.54, 1.807) is 36.7 Å². The van der Waals surface area contributed by atoms with Crippen LogP contribution in [0.3, 0.4) is 0 Å². The van der Waals surface area contributed by atoms with Gasteiger partial charge in [0.05, 0.1) is 12.6 Å². The maximum Gasteiger partial charge on any atom is 0.251 e. The first kappa shape index (κ1) is 16.0. The van der Waals surface area contributed by atoms with Crippen molar-refractivity contribution in [3.05, 3.63) is 53.9 Å². The van der Waals surface area contributed by atoms with E-state index in [0.717, 1.165) is 5.56 Å². The van der Waals surface area contributed by atoms with Crippen molar-refractivity contribution in [3.63, 3.8) is 0 Å². The van der Waals surface area contributed by atoms with Gasteiger partial charge < -0.3 is 15.2 Å². The number of aliphatic hydroxyl groups is 1. The number of carbonyl (C=O) groups excluding carboxylic acids is 1. The molecule has 1 amide bonds. The van der Waals surface area contributed by atoms with Crippen molar-refractivity contribution in [3.8, 4) is 11.5 Å². The van der Waals surface area contributed by atoms with Gasteiger partial charge in [0.2, 0.25) is 0 Å². The molecular weight excluding hydrogens is 280 g/mol. The molecule has 0 bridgehead atoms. The first-order valence-electron chi connectivity index (χ1n) is 7.24. The monoisotopic (exact) mass is 300 g/mol. The molecule has 0 aliphatic carbocycles. The van der Waals surface area contributed by atoms with Crippen molar-refractivity contribution in [2.75, 3.05) is 6.61 Å². The Hall–Kier alpha value is -2.40. The van der Waals surface area contributed by atoms with Crippen LogP contribution in [-0.2, 0) is 0 Å². The summed E-state index contributed by atoms with van der Waals surface area (Å²) in [6.45, 7) is 3.75. The minimum Gasteiger partial charge on any atom is -0.457 e. The highest BCUT2D eigenvalue weighted by molar-refractivity contribution is 5.94. The van der Waals surface area contributed by atoms with Crippen molar-refractivity contribution in [2.24, 2.45) is 0 Å². The average molecular weight is 300 g/mol. The van der Waals surface area contributed by atoms with E-state index < -0.39 is 0 Å². The molecule has 5 nitrogen and oxygen atoms in total. The van der Waals surface area contributed by atoms with E-state index >= 15 is 0 Å². The van der Waals surface area contributed by atoms with E-state index in [2.05, 4.69) is 10.3 Å². The van der Waals surface area contributed by atoms with Crippen LogP contribution in [0.2, 0.25) is 0 Å². The Kier molecular flexibility index (Phi) is 5.49. The van der Waals surface area contributed by atoms with Crippen LogP contribution in [0, 0.1) is 6.92 Å². The maximum atomic E-state index is 12.2. The lowest BCUT2D eigenvalue weighted by atomic mass is 10.1. The molecule has 1 aromatic heterocycles. The van der Waals surface area contributed by atoms with E-state index in [1.807, 2.05) is 19.9 Å². The van der Waals surface area contributed by atoms with Crippen LogP contribution in [0.25, 0.3) is 0 Å². The summed E-state index contributed by atoms with van der Waals surface area (Å²) in [7, 11) is 0. The Balaban J connectivity index is 2.17. The number of benzene rings is 1. The predicted molar refractivity (Wildman–Crippen MR) is 84.1 cm³/mol. The number of nitrogens with one attached hydrogen (secondary N) is 1. The third-order valence-electron chi connectivity index (χ3n) is 3.38. The smallest absolute Gasteiger partial charge is 0.251 e. The van der Waals surface area contributed by atoms with E-state index in [1.165, 1.54) is 0 Å². The zero-order chi connectivity index (χ0) is 15.9. The standard InChI is InChI=1S/C17H20N2O3/c1-3-14(11-20)19-17(21)13-5-4-12(2)16(10-13)22-15-6-8-18-9-7-15/h4-10,14,20H,3,11H2,1-2H3,(H,19,21). The topological polar surface area (TPSA) is 71.5 Å². The minimum atomic E-state index is -0.238. The highest BCUT2D eigenvalue weighted by Gasteiger charge is 2.13. The van der Waals surface area contributed by atoms with Crippen LogP contribution in [0.4, 0.5) is 0 Å². The van der Waals surface area contributed by atoms with Crippen LogP contribution in [0.15, 0.2) is 42.7 Å². The molecule has 0 aliphatic rings. The van der Waals surface area contributed by atoms with Gasteiger partial charge in [0.25, 0.3) is 5.91 Å². The number of carbonyl (C=O) groups is 1. The number of ether oxygens (including phenoxy) is 1. The van der Waals surface area contributed by atoms with Gasteiger partial charge in [-0.2, -0.15) is 0 Å². The summed E-state index contributed by atoms with van der Waals surface area (Å²) in [6.07, 6.45) is 3.97. The summed E-state index contributed by atoms with van der Waals surface area (Å²) in [5.41, 5.74) is 1.43. The zero-order valence-electron chi connectivity index (χ0n) is 12.7. The Morgan fingerprint density at radius 2 is 2.05 bits per heavy atom. The van der Waals surface area contributed by atoms with Gasteiger partial charge in [-0.3, -0.25) is 9.78 Å². The molecule has 1 unspecified atom stereocenters. The highest BCUT2D eigenvalue weighted by atomic mass is 16.5. The average Bonchev–Trinajstić information content (AvgIpc) is 2.55. The molecule has 0 fully saturated rings. The summed E-state index contributed by atoms with van der Waals surface area (Å²) >= 11 is 0. The van der Waals surface area contributed by atoms with Crippen LogP contribution in [-0.4, -0.2) is 28.6 Å². The summed E-state index contributed by atoms with van der Waals surface area (Å²) in [5.74, 6) is 1.06. The van der Waals surface area contributed by atoms with Crippen LogP contribution in [0.5, 0.6) is 11.5 Å². The molecule has 22 heavy (non-hydrogen) atoms. The normalized spacial score (nSPS) is 11.8. The molecule has 2 N–H and O–H groups in total. The fourth-order valence-electron chi connectivity index (χ4n) is 1.93. The van der Waals surface area contributed by atoms with Crippen LogP contribution < -0.4 is 10.1 Å². The van der Waals surface area contributed by atoms with Gasteiger partial charge in [-0.15, -0.1) is 0 Å². The molecule has 0 radical (unpaired) electrons. The molecule has 2 aromatic rings. The van der Waals surface area contributed by atoms with Crippen LogP contribution in [0.1, 0.15) is 29.3 Å². The molecule has 2 rings (SSSR count).